The molecule has 0 aliphatic rings. The molecule has 0 aliphatic heterocycles. The van der Waals surface area contributed by atoms with E-state index in [0.29, 0.717) is 5.56 Å². The Kier molecular flexibility index (Phi) is 5.02. The molecule has 0 saturated heterocycles. The van der Waals surface area contributed by atoms with Crippen LogP contribution in [-0.2, 0) is 14.4 Å². The number of nitro benzene ring substituents is 1. The molecule has 0 amide bonds. The molecule has 0 atom stereocenters. The number of non-ortho nitro benzene ring substituents is 1. The number of rotatable bonds is 6. The molecule has 0 spiro atoms. The summed E-state index contributed by atoms with van der Waals surface area (Å²) in [5.41, 5.74) is 0.508. The first-order valence-electron chi connectivity index (χ1n) is 5.80. The van der Waals surface area contributed by atoms with E-state index in [1.54, 1.807) is 0 Å². The van der Waals surface area contributed by atoms with Gasteiger partial charge >= 0.3 is 0 Å². The van der Waals surface area contributed by atoms with Crippen molar-refractivity contribution in [2.75, 3.05) is 0 Å². The number of carbonyl (C=O) groups is 3. The lowest BCUT2D eigenvalue weighted by molar-refractivity contribution is -0.384. The second-order valence-corrected chi connectivity index (χ2v) is 4.24. The van der Waals surface area contributed by atoms with Gasteiger partial charge in [0.1, 0.15) is 17.5 Å². The van der Waals surface area contributed by atoms with Gasteiger partial charge < -0.3 is 0 Å². The Hall–Kier alpha value is -2.63. The van der Waals surface area contributed by atoms with Gasteiger partial charge in [0, 0.05) is 12.1 Å². The van der Waals surface area contributed by atoms with Crippen LogP contribution in [0.25, 0.3) is 6.08 Å². The predicted molar refractivity (Wildman–Crippen MR) is 72.0 cm³/mol. The lowest BCUT2D eigenvalue weighted by Crippen LogP contribution is -2.27. The monoisotopic (exact) mass is 275 g/mol. The third-order valence-corrected chi connectivity index (χ3v) is 2.64. The third kappa shape index (κ3) is 3.94. The fourth-order valence-corrected chi connectivity index (χ4v) is 1.67. The summed E-state index contributed by atoms with van der Waals surface area (Å²) in [7, 11) is 0. The number of allylic oxidation sites excluding steroid dienone is 1. The lowest BCUT2D eigenvalue weighted by Gasteiger charge is -2.04. The Balaban J connectivity index is 2.86. The number of nitro groups is 1. The second-order valence-electron chi connectivity index (χ2n) is 4.24. The van der Waals surface area contributed by atoms with Crippen LogP contribution >= 0.6 is 0 Å². The van der Waals surface area contributed by atoms with E-state index in [1.807, 2.05) is 0 Å². The van der Waals surface area contributed by atoms with E-state index in [1.165, 1.54) is 44.2 Å². The quantitative estimate of drug-likeness (QED) is 0.342. The molecule has 6 nitrogen and oxygen atoms in total. The van der Waals surface area contributed by atoms with Crippen molar-refractivity contribution in [2.24, 2.45) is 5.92 Å². The van der Waals surface area contributed by atoms with Crippen LogP contribution in [-0.4, -0.2) is 22.3 Å². The number of benzene rings is 1. The van der Waals surface area contributed by atoms with Gasteiger partial charge in [-0.15, -0.1) is 0 Å². The molecule has 20 heavy (non-hydrogen) atoms. The van der Waals surface area contributed by atoms with Crippen LogP contribution in [0.2, 0.25) is 0 Å². The Morgan fingerprint density at radius 2 is 1.60 bits per heavy atom. The zero-order valence-electron chi connectivity index (χ0n) is 11.0. The molecule has 1 rings (SSSR count). The standard InChI is InChI=1S/C14H13NO5/c1-9(16)14(10(2)17)13(18)8-5-11-3-6-12(7-4-11)15(19)20/h3-8,14H,1-2H3. The minimum absolute atomic E-state index is 0.0566. The maximum absolute atomic E-state index is 11.7. The van der Waals surface area contributed by atoms with Crippen molar-refractivity contribution in [1.29, 1.82) is 0 Å². The molecule has 0 aliphatic carbocycles. The van der Waals surface area contributed by atoms with Crippen LogP contribution in [0, 0.1) is 16.0 Å². The van der Waals surface area contributed by atoms with Crippen LogP contribution in [0.15, 0.2) is 30.3 Å². The van der Waals surface area contributed by atoms with Crippen molar-refractivity contribution in [3.8, 4) is 0 Å². The highest BCUT2D eigenvalue weighted by Gasteiger charge is 2.25. The molecular formula is C14H13NO5. The molecule has 6 heteroatoms. The normalized spacial score (nSPS) is 10.8. The fraction of sp³-hybridized carbons (Fsp3) is 0.214. The van der Waals surface area contributed by atoms with Crippen LogP contribution in [0.5, 0.6) is 0 Å². The summed E-state index contributed by atoms with van der Waals surface area (Å²) >= 11 is 0. The minimum atomic E-state index is -1.27. The van der Waals surface area contributed by atoms with Gasteiger partial charge in [-0.2, -0.15) is 0 Å². The summed E-state index contributed by atoms with van der Waals surface area (Å²) in [4.78, 5) is 44.1. The minimum Gasteiger partial charge on any atom is -0.299 e. The van der Waals surface area contributed by atoms with Gasteiger partial charge in [-0.25, -0.2) is 0 Å². The average molecular weight is 275 g/mol. The summed E-state index contributed by atoms with van der Waals surface area (Å²) in [6.45, 7) is 2.37. The van der Waals surface area contributed by atoms with E-state index in [9.17, 15) is 24.5 Å². The van der Waals surface area contributed by atoms with Gasteiger partial charge in [0.05, 0.1) is 4.92 Å². The van der Waals surface area contributed by atoms with E-state index in [4.69, 9.17) is 0 Å². The maximum atomic E-state index is 11.7. The summed E-state index contributed by atoms with van der Waals surface area (Å²) in [5.74, 6) is -2.88. The number of Topliss-reactive ketones (excluding diaryl/α,β-unsaturated/α-hetero) is 2. The molecule has 0 aromatic heterocycles. The van der Waals surface area contributed by atoms with Crippen LogP contribution in [0.3, 0.4) is 0 Å². The first-order valence-corrected chi connectivity index (χ1v) is 5.80. The van der Waals surface area contributed by atoms with Crippen molar-refractivity contribution in [1.82, 2.24) is 0 Å². The van der Waals surface area contributed by atoms with Gasteiger partial charge in [-0.3, -0.25) is 24.5 Å². The largest absolute Gasteiger partial charge is 0.299 e. The highest BCUT2D eigenvalue weighted by atomic mass is 16.6. The van der Waals surface area contributed by atoms with Gasteiger partial charge in [0.25, 0.3) is 5.69 Å². The fourth-order valence-electron chi connectivity index (χ4n) is 1.67. The van der Waals surface area contributed by atoms with Crippen molar-refractivity contribution in [3.05, 3.63) is 46.0 Å². The third-order valence-electron chi connectivity index (χ3n) is 2.64. The van der Waals surface area contributed by atoms with Crippen LogP contribution in [0.1, 0.15) is 19.4 Å². The molecule has 0 unspecified atom stereocenters. The average Bonchev–Trinajstić information content (AvgIpc) is 2.36. The molecule has 0 bridgehead atoms. The lowest BCUT2D eigenvalue weighted by atomic mass is 9.95. The molecule has 1 aromatic carbocycles. The van der Waals surface area contributed by atoms with E-state index in [0.717, 1.165) is 6.08 Å². The number of carbonyl (C=O) groups excluding carboxylic acids is 3. The predicted octanol–water partition coefficient (Wildman–Crippen LogP) is 1.97. The van der Waals surface area contributed by atoms with Crippen molar-refractivity contribution >= 4 is 29.1 Å². The van der Waals surface area contributed by atoms with Gasteiger partial charge in [0.2, 0.25) is 0 Å². The van der Waals surface area contributed by atoms with Crippen molar-refractivity contribution in [2.45, 2.75) is 13.8 Å². The van der Waals surface area contributed by atoms with Crippen LogP contribution < -0.4 is 0 Å². The SMILES string of the molecule is CC(=O)C(C(C)=O)C(=O)C=Cc1ccc([N+](=O)[O-])cc1. The molecular weight excluding hydrogens is 262 g/mol. The summed E-state index contributed by atoms with van der Waals surface area (Å²) in [6.07, 6.45) is 2.54. The number of hydrogen-bond acceptors (Lipinski definition) is 5. The molecule has 0 fully saturated rings. The number of hydrogen-bond donors (Lipinski definition) is 0. The highest BCUT2D eigenvalue weighted by Crippen LogP contribution is 2.13. The van der Waals surface area contributed by atoms with Gasteiger partial charge in [-0.05, 0) is 37.6 Å². The van der Waals surface area contributed by atoms with Gasteiger partial charge in [0.15, 0.2) is 5.78 Å². The number of nitrogens with zero attached hydrogens (tertiary/aromatic N) is 1. The molecule has 1 aromatic rings. The molecule has 0 radical (unpaired) electrons. The Labute approximate surface area is 115 Å². The van der Waals surface area contributed by atoms with Crippen LogP contribution in [0.4, 0.5) is 5.69 Å². The second kappa shape index (κ2) is 6.51. The van der Waals surface area contributed by atoms with Crippen molar-refractivity contribution in [3.63, 3.8) is 0 Å². The molecule has 0 N–H and O–H groups in total. The Morgan fingerprint density at radius 3 is 2.00 bits per heavy atom. The first-order chi connectivity index (χ1) is 9.32. The highest BCUT2D eigenvalue weighted by molar-refractivity contribution is 6.22. The van der Waals surface area contributed by atoms with E-state index >= 15 is 0 Å². The zero-order chi connectivity index (χ0) is 15.3. The molecule has 0 saturated carbocycles. The summed E-state index contributed by atoms with van der Waals surface area (Å²) in [5, 5.41) is 10.5. The Bertz CT molecular complexity index is 572. The summed E-state index contributed by atoms with van der Waals surface area (Å²) < 4.78 is 0. The molecule has 104 valence electrons. The van der Waals surface area contributed by atoms with E-state index < -0.39 is 28.2 Å². The smallest absolute Gasteiger partial charge is 0.269 e. The topological polar surface area (TPSA) is 94.3 Å². The maximum Gasteiger partial charge on any atom is 0.269 e. The van der Waals surface area contributed by atoms with E-state index in [-0.39, 0.29) is 5.69 Å². The van der Waals surface area contributed by atoms with Gasteiger partial charge in [-0.1, -0.05) is 6.08 Å². The van der Waals surface area contributed by atoms with E-state index in [2.05, 4.69) is 0 Å². The van der Waals surface area contributed by atoms with Crippen molar-refractivity contribution < 1.29 is 19.3 Å². The molecule has 0 heterocycles. The first kappa shape index (κ1) is 15.4. The Morgan fingerprint density at radius 1 is 1.10 bits per heavy atom. The number of ketones is 3. The zero-order valence-corrected chi connectivity index (χ0v) is 11.0. The summed E-state index contributed by atoms with van der Waals surface area (Å²) in [6, 6.07) is 5.55.